The summed E-state index contributed by atoms with van der Waals surface area (Å²) in [5.41, 5.74) is 10.0. The highest BCUT2D eigenvalue weighted by atomic mass is 19.1. The van der Waals surface area contributed by atoms with E-state index in [1.165, 1.54) is 30.8 Å². The standard InChI is InChI=1S/C35H38F2N8O6/c1-18(41-35(49)50-3)32(46)44-16-24(36)12-28(44)30-39-14-26(42-30)22-8-4-20(5-9-22)21-6-10-23(11-7-21)27-15-40-31(43-27)29-13-25(37)17-45(29)33(47)19(2)51-34(38)48/h4-11,14-15,18-19,24-25,28-29H,12-13,16-17H2,1-3H3,(H2,38,48)(H,39,42)(H,40,43)(H,41,49)/t18-,19-,24+,25+,28-,29-/m0/s1. The fourth-order valence-electron chi connectivity index (χ4n) is 6.57. The van der Waals surface area contributed by atoms with Gasteiger partial charge in [0, 0.05) is 12.8 Å². The number of carbonyl (C=O) groups is 4. The third kappa shape index (κ3) is 7.54. The van der Waals surface area contributed by atoms with Crippen molar-refractivity contribution in [2.75, 3.05) is 20.2 Å². The summed E-state index contributed by atoms with van der Waals surface area (Å²) in [6.07, 6.45) is -2.04. The van der Waals surface area contributed by atoms with Gasteiger partial charge in [-0.1, -0.05) is 48.5 Å². The normalized spacial score (nSPS) is 21.3. The van der Waals surface area contributed by atoms with Gasteiger partial charge in [-0.05, 0) is 36.1 Å². The number of nitrogens with one attached hydrogen (secondary N) is 3. The minimum Gasteiger partial charge on any atom is -0.453 e. The molecule has 2 fully saturated rings. The summed E-state index contributed by atoms with van der Waals surface area (Å²) in [5.74, 6) is -0.108. The largest absolute Gasteiger partial charge is 0.453 e. The Morgan fingerprint density at radius 1 is 0.784 bits per heavy atom. The molecule has 4 heterocycles. The first-order valence-corrected chi connectivity index (χ1v) is 16.4. The monoisotopic (exact) mass is 704 g/mol. The van der Waals surface area contributed by atoms with E-state index in [-0.39, 0.29) is 25.9 Å². The van der Waals surface area contributed by atoms with E-state index in [4.69, 9.17) is 10.5 Å². The number of primary amides is 1. The van der Waals surface area contributed by atoms with E-state index < -0.39 is 60.6 Å². The van der Waals surface area contributed by atoms with Crippen LogP contribution < -0.4 is 11.1 Å². The van der Waals surface area contributed by atoms with Gasteiger partial charge in [-0.2, -0.15) is 0 Å². The van der Waals surface area contributed by atoms with Crippen LogP contribution in [0.25, 0.3) is 33.6 Å². The van der Waals surface area contributed by atoms with Crippen LogP contribution in [0, 0.1) is 0 Å². The van der Waals surface area contributed by atoms with Gasteiger partial charge >= 0.3 is 12.2 Å². The van der Waals surface area contributed by atoms with Crippen molar-refractivity contribution in [1.29, 1.82) is 0 Å². The number of nitrogens with zero attached hydrogens (tertiary/aromatic N) is 4. The smallest absolute Gasteiger partial charge is 0.407 e. The number of likely N-dealkylation sites (tertiary alicyclic amines) is 2. The van der Waals surface area contributed by atoms with Gasteiger partial charge in [0.15, 0.2) is 6.10 Å². The molecular weight excluding hydrogens is 666 g/mol. The lowest BCUT2D eigenvalue weighted by Gasteiger charge is -2.26. The van der Waals surface area contributed by atoms with Crippen molar-refractivity contribution in [2.45, 2.75) is 63.3 Å². The molecule has 4 amide bonds. The summed E-state index contributed by atoms with van der Waals surface area (Å²) in [7, 11) is 1.20. The van der Waals surface area contributed by atoms with Crippen LogP contribution >= 0.6 is 0 Å². The number of hydrogen-bond acceptors (Lipinski definition) is 8. The van der Waals surface area contributed by atoms with Crippen LogP contribution in [0.2, 0.25) is 0 Å². The zero-order valence-corrected chi connectivity index (χ0v) is 28.1. The number of nitrogens with two attached hydrogens (primary N) is 1. The number of methoxy groups -OCH3 is 1. The lowest BCUT2D eigenvalue weighted by atomic mass is 10.0. The Kier molecular flexibility index (Phi) is 10.0. The van der Waals surface area contributed by atoms with Crippen LogP contribution in [0.4, 0.5) is 18.4 Å². The predicted molar refractivity (Wildman–Crippen MR) is 180 cm³/mol. The summed E-state index contributed by atoms with van der Waals surface area (Å²) in [4.78, 5) is 66.6. The molecule has 6 rings (SSSR count). The van der Waals surface area contributed by atoms with E-state index >= 15 is 0 Å². The van der Waals surface area contributed by atoms with Gasteiger partial charge in [-0.15, -0.1) is 0 Å². The average molecular weight is 705 g/mol. The van der Waals surface area contributed by atoms with Gasteiger partial charge in [0.2, 0.25) is 5.91 Å². The Labute approximate surface area is 291 Å². The maximum atomic E-state index is 14.5. The molecule has 0 unspecified atom stereocenters. The first-order chi connectivity index (χ1) is 24.4. The van der Waals surface area contributed by atoms with Gasteiger partial charge in [-0.25, -0.2) is 28.3 Å². The third-order valence-electron chi connectivity index (χ3n) is 9.14. The Balaban J connectivity index is 1.11. The Bertz CT molecular complexity index is 1900. The number of halogens is 2. The highest BCUT2D eigenvalue weighted by molar-refractivity contribution is 5.86. The van der Waals surface area contributed by atoms with Gasteiger partial charge in [0.05, 0.1) is 56.1 Å². The number of rotatable bonds is 9. The molecule has 0 aliphatic carbocycles. The average Bonchev–Trinajstić information content (AvgIpc) is 3.94. The molecule has 6 atom stereocenters. The molecule has 0 bridgehead atoms. The molecule has 5 N–H and O–H groups in total. The minimum atomic E-state index is -1.25. The number of alkyl halides is 2. The molecule has 4 aromatic rings. The second-order valence-corrected chi connectivity index (χ2v) is 12.6. The van der Waals surface area contributed by atoms with Gasteiger partial charge in [0.25, 0.3) is 5.91 Å². The zero-order valence-electron chi connectivity index (χ0n) is 28.1. The number of aromatic nitrogens is 4. The number of hydrogen-bond donors (Lipinski definition) is 4. The summed E-state index contributed by atoms with van der Waals surface area (Å²) >= 11 is 0. The first kappa shape index (κ1) is 35.0. The van der Waals surface area contributed by atoms with Crippen molar-refractivity contribution in [3.05, 3.63) is 72.6 Å². The number of benzene rings is 2. The van der Waals surface area contributed by atoms with Crippen LogP contribution in [0.1, 0.15) is 50.4 Å². The zero-order chi connectivity index (χ0) is 36.4. The first-order valence-electron chi connectivity index (χ1n) is 16.4. The van der Waals surface area contributed by atoms with Crippen LogP contribution in [-0.2, 0) is 19.1 Å². The molecule has 51 heavy (non-hydrogen) atoms. The molecule has 14 nitrogen and oxygen atoms in total. The third-order valence-corrected chi connectivity index (χ3v) is 9.14. The quantitative estimate of drug-likeness (QED) is 0.195. The van der Waals surface area contributed by atoms with Crippen LogP contribution in [-0.4, -0.2) is 98.4 Å². The minimum absolute atomic E-state index is 0.0586. The predicted octanol–water partition coefficient (Wildman–Crippen LogP) is 4.59. The molecule has 0 spiro atoms. The lowest BCUT2D eigenvalue weighted by Crippen LogP contribution is -2.47. The molecule has 2 aliphatic rings. The maximum absolute atomic E-state index is 14.5. The van der Waals surface area contributed by atoms with Crippen molar-refractivity contribution in [2.24, 2.45) is 5.73 Å². The fourth-order valence-corrected chi connectivity index (χ4v) is 6.57. The Morgan fingerprint density at radius 3 is 1.65 bits per heavy atom. The van der Waals surface area contributed by atoms with E-state index in [1.807, 2.05) is 48.5 Å². The Hall–Kier alpha value is -5.80. The molecule has 2 aromatic carbocycles. The molecule has 2 aliphatic heterocycles. The molecule has 0 saturated carbocycles. The number of alkyl carbamates (subject to hydrolysis) is 1. The second kappa shape index (κ2) is 14.6. The highest BCUT2D eigenvalue weighted by Crippen LogP contribution is 2.36. The van der Waals surface area contributed by atoms with Crippen molar-refractivity contribution < 1.29 is 37.4 Å². The number of aromatic amines is 2. The summed E-state index contributed by atoms with van der Waals surface area (Å²) in [6, 6.07) is 13.4. The second-order valence-electron chi connectivity index (χ2n) is 12.6. The fraction of sp³-hybridized carbons (Fsp3) is 0.371. The highest BCUT2D eigenvalue weighted by Gasteiger charge is 2.41. The van der Waals surface area contributed by atoms with Crippen LogP contribution in [0.5, 0.6) is 0 Å². The van der Waals surface area contributed by atoms with Crippen molar-refractivity contribution >= 4 is 24.0 Å². The van der Waals surface area contributed by atoms with E-state index in [0.717, 1.165) is 22.3 Å². The maximum Gasteiger partial charge on any atom is 0.407 e. The number of carbonyl (C=O) groups excluding carboxylic acids is 4. The van der Waals surface area contributed by atoms with Crippen molar-refractivity contribution in [3.63, 3.8) is 0 Å². The van der Waals surface area contributed by atoms with Crippen LogP contribution in [0.3, 0.4) is 0 Å². The molecule has 2 saturated heterocycles. The number of ether oxygens (including phenoxy) is 2. The molecule has 16 heteroatoms. The summed E-state index contributed by atoms with van der Waals surface area (Å²) in [5, 5.41) is 2.43. The van der Waals surface area contributed by atoms with E-state index in [0.29, 0.717) is 23.0 Å². The molecule has 268 valence electrons. The van der Waals surface area contributed by atoms with Gasteiger partial charge in [0.1, 0.15) is 30.0 Å². The van der Waals surface area contributed by atoms with E-state index in [1.54, 1.807) is 12.4 Å². The van der Waals surface area contributed by atoms with Gasteiger partial charge < -0.3 is 40.3 Å². The van der Waals surface area contributed by atoms with E-state index in [9.17, 15) is 28.0 Å². The summed E-state index contributed by atoms with van der Waals surface area (Å²) < 4.78 is 38.3. The SMILES string of the molecule is COC(=O)N[C@@H](C)C(=O)N1C[C@H](F)C[C@H]1c1ncc(-c2ccc(-c3ccc(-c4cnc([C@@H]5C[C@@H](F)CN5C(=O)[C@H](C)OC(N)=O)[nH]4)cc3)cc2)[nH]1. The van der Waals surface area contributed by atoms with Crippen molar-refractivity contribution in [3.8, 4) is 33.6 Å². The molecular formula is C35H38F2N8O6. The van der Waals surface area contributed by atoms with Gasteiger partial charge in [-0.3, -0.25) is 9.59 Å². The van der Waals surface area contributed by atoms with E-state index in [2.05, 4.69) is 30.0 Å². The van der Waals surface area contributed by atoms with Crippen LogP contribution in [0.15, 0.2) is 60.9 Å². The topological polar surface area (TPSA) is 189 Å². The number of amides is 4. The van der Waals surface area contributed by atoms with Crippen molar-refractivity contribution in [1.82, 2.24) is 35.1 Å². The Morgan fingerprint density at radius 2 is 1.22 bits per heavy atom. The number of H-pyrrole nitrogens is 2. The molecule has 0 radical (unpaired) electrons. The summed E-state index contributed by atoms with van der Waals surface area (Å²) in [6.45, 7) is 2.67. The number of imidazole rings is 2. The molecule has 2 aromatic heterocycles. The lowest BCUT2D eigenvalue weighted by molar-refractivity contribution is -0.140.